The number of fused-ring (bicyclic) bond motifs is 5. The van der Waals surface area contributed by atoms with Crippen molar-refractivity contribution in [2.45, 2.75) is 111 Å². The fourth-order valence-electron chi connectivity index (χ4n) is 8.85. The minimum absolute atomic E-state index is 0.472. The van der Waals surface area contributed by atoms with E-state index < -0.39 is 0 Å². The van der Waals surface area contributed by atoms with Crippen molar-refractivity contribution in [2.75, 3.05) is 7.11 Å². The molecule has 1 nitrogen and oxygen atoms in total. The molecule has 0 saturated heterocycles. The summed E-state index contributed by atoms with van der Waals surface area (Å²) in [5.41, 5.74) is 2.85. The Bertz CT molecular complexity index is 605. The number of allylic oxidation sites excluding steroid dienone is 1. The molecular formula is C28H48O. The Morgan fingerprint density at radius 1 is 1.00 bits per heavy atom. The van der Waals surface area contributed by atoms with Crippen LogP contribution >= 0.6 is 0 Å². The molecule has 4 aliphatic rings. The van der Waals surface area contributed by atoms with Crippen LogP contribution in [0, 0.1) is 46.3 Å². The van der Waals surface area contributed by atoms with E-state index in [4.69, 9.17) is 4.74 Å². The van der Waals surface area contributed by atoms with E-state index in [1.54, 1.807) is 5.57 Å². The van der Waals surface area contributed by atoms with Gasteiger partial charge in [0.15, 0.2) is 0 Å². The maximum absolute atomic E-state index is 5.75. The molecule has 3 saturated carbocycles. The van der Waals surface area contributed by atoms with Crippen molar-refractivity contribution >= 4 is 0 Å². The molecule has 0 aliphatic heterocycles. The first-order valence-corrected chi connectivity index (χ1v) is 13.0. The molecule has 0 amide bonds. The van der Waals surface area contributed by atoms with Crippen molar-refractivity contribution in [1.82, 2.24) is 0 Å². The Labute approximate surface area is 181 Å². The Hall–Kier alpha value is -0.300. The van der Waals surface area contributed by atoms with Crippen LogP contribution in [0.1, 0.15) is 105 Å². The lowest BCUT2D eigenvalue weighted by molar-refractivity contribution is -0.0601. The molecule has 0 bridgehead atoms. The standard InChI is InChI=1S/C28H48O/c1-19(2)8-7-9-20(3)24-12-13-25-23-11-10-21-18-22(29-6)14-16-27(21,4)26(23)15-17-28(24,25)5/h10,19-20,22-26H,7-9,11-18H2,1-6H3/t20-,22+,23?,24?,25?,26?,27?,28-/m1/s1. The topological polar surface area (TPSA) is 9.23 Å². The Balaban J connectivity index is 1.48. The molecule has 29 heavy (non-hydrogen) atoms. The molecule has 0 aromatic carbocycles. The van der Waals surface area contributed by atoms with Crippen LogP contribution in [0.15, 0.2) is 11.6 Å². The zero-order valence-corrected chi connectivity index (χ0v) is 20.3. The molecule has 4 aliphatic carbocycles. The van der Waals surface area contributed by atoms with Crippen molar-refractivity contribution < 1.29 is 4.74 Å². The second-order valence-electron chi connectivity index (χ2n) is 12.4. The minimum Gasteiger partial charge on any atom is -0.381 e. The van der Waals surface area contributed by atoms with Crippen LogP contribution in [-0.4, -0.2) is 13.2 Å². The van der Waals surface area contributed by atoms with Gasteiger partial charge in [0, 0.05) is 7.11 Å². The first kappa shape index (κ1) is 21.9. The van der Waals surface area contributed by atoms with E-state index in [1.807, 2.05) is 7.11 Å². The van der Waals surface area contributed by atoms with Crippen molar-refractivity contribution in [1.29, 1.82) is 0 Å². The third-order valence-corrected chi connectivity index (χ3v) is 10.6. The van der Waals surface area contributed by atoms with Crippen molar-refractivity contribution in [2.24, 2.45) is 46.3 Å². The third-order valence-electron chi connectivity index (χ3n) is 10.6. The second-order valence-corrected chi connectivity index (χ2v) is 12.4. The summed E-state index contributed by atoms with van der Waals surface area (Å²) in [6, 6.07) is 0. The van der Waals surface area contributed by atoms with Gasteiger partial charge in [-0.3, -0.25) is 0 Å². The lowest BCUT2D eigenvalue weighted by Gasteiger charge is -2.58. The largest absolute Gasteiger partial charge is 0.381 e. The molecule has 8 atom stereocenters. The fraction of sp³-hybridized carbons (Fsp3) is 0.929. The molecule has 1 heteroatoms. The van der Waals surface area contributed by atoms with Gasteiger partial charge in [0.25, 0.3) is 0 Å². The summed E-state index contributed by atoms with van der Waals surface area (Å²) in [6.45, 7) is 12.7. The van der Waals surface area contributed by atoms with E-state index in [-0.39, 0.29) is 0 Å². The minimum atomic E-state index is 0.472. The summed E-state index contributed by atoms with van der Waals surface area (Å²) < 4.78 is 5.75. The van der Waals surface area contributed by atoms with E-state index >= 15 is 0 Å². The van der Waals surface area contributed by atoms with Crippen LogP contribution in [0.25, 0.3) is 0 Å². The third kappa shape index (κ3) is 3.77. The zero-order valence-electron chi connectivity index (χ0n) is 20.3. The molecule has 0 aromatic heterocycles. The number of hydrogen-bond donors (Lipinski definition) is 0. The van der Waals surface area contributed by atoms with E-state index in [1.165, 1.54) is 70.6 Å². The smallest absolute Gasteiger partial charge is 0.0608 e. The van der Waals surface area contributed by atoms with Gasteiger partial charge in [0.05, 0.1) is 6.10 Å². The highest BCUT2D eigenvalue weighted by atomic mass is 16.5. The Morgan fingerprint density at radius 3 is 2.52 bits per heavy atom. The summed E-state index contributed by atoms with van der Waals surface area (Å²) in [6.07, 6.45) is 18.7. The highest BCUT2D eigenvalue weighted by Gasteiger charge is 2.59. The summed E-state index contributed by atoms with van der Waals surface area (Å²) in [5.74, 6) is 5.63. The van der Waals surface area contributed by atoms with Gasteiger partial charge in [-0.1, -0.05) is 65.5 Å². The van der Waals surface area contributed by atoms with Gasteiger partial charge in [0.1, 0.15) is 0 Å². The van der Waals surface area contributed by atoms with Gasteiger partial charge in [-0.25, -0.2) is 0 Å². The van der Waals surface area contributed by atoms with Gasteiger partial charge in [-0.2, -0.15) is 0 Å². The van der Waals surface area contributed by atoms with Crippen LogP contribution in [0.3, 0.4) is 0 Å². The second kappa shape index (κ2) is 8.33. The van der Waals surface area contributed by atoms with Crippen molar-refractivity contribution in [3.63, 3.8) is 0 Å². The van der Waals surface area contributed by atoms with Gasteiger partial charge in [-0.05, 0) is 97.7 Å². The average Bonchev–Trinajstić information content (AvgIpc) is 3.04. The predicted molar refractivity (Wildman–Crippen MR) is 124 cm³/mol. The predicted octanol–water partition coefficient (Wildman–Crippen LogP) is 8.04. The highest BCUT2D eigenvalue weighted by Crippen LogP contribution is 2.67. The molecule has 3 fully saturated rings. The highest BCUT2D eigenvalue weighted by molar-refractivity contribution is 5.25. The first-order valence-electron chi connectivity index (χ1n) is 13.0. The average molecular weight is 401 g/mol. The Kier molecular flexibility index (Phi) is 6.29. The van der Waals surface area contributed by atoms with Crippen LogP contribution in [0.4, 0.5) is 0 Å². The van der Waals surface area contributed by atoms with Crippen LogP contribution in [-0.2, 0) is 4.74 Å². The first-order chi connectivity index (χ1) is 13.8. The molecule has 0 spiro atoms. The van der Waals surface area contributed by atoms with E-state index in [0.29, 0.717) is 16.9 Å². The van der Waals surface area contributed by atoms with Gasteiger partial charge in [-0.15, -0.1) is 0 Å². The normalized spacial score (nSPS) is 45.3. The molecule has 0 radical (unpaired) electrons. The van der Waals surface area contributed by atoms with Crippen LogP contribution in [0.5, 0.6) is 0 Å². The quantitative estimate of drug-likeness (QED) is 0.410. The van der Waals surface area contributed by atoms with E-state index in [0.717, 1.165) is 35.5 Å². The van der Waals surface area contributed by atoms with Gasteiger partial charge < -0.3 is 4.74 Å². The maximum Gasteiger partial charge on any atom is 0.0608 e. The molecule has 0 heterocycles. The molecule has 5 unspecified atom stereocenters. The maximum atomic E-state index is 5.75. The molecule has 0 aromatic rings. The summed E-state index contributed by atoms with van der Waals surface area (Å²) >= 11 is 0. The number of methoxy groups -OCH3 is 1. The van der Waals surface area contributed by atoms with E-state index in [2.05, 4.69) is 40.7 Å². The van der Waals surface area contributed by atoms with Crippen LogP contribution < -0.4 is 0 Å². The summed E-state index contributed by atoms with van der Waals surface area (Å²) in [5, 5.41) is 0. The van der Waals surface area contributed by atoms with Crippen molar-refractivity contribution in [3.8, 4) is 0 Å². The lowest BCUT2D eigenvalue weighted by atomic mass is 9.47. The summed E-state index contributed by atoms with van der Waals surface area (Å²) in [4.78, 5) is 0. The van der Waals surface area contributed by atoms with Crippen LogP contribution in [0.2, 0.25) is 0 Å². The van der Waals surface area contributed by atoms with E-state index in [9.17, 15) is 0 Å². The fourth-order valence-corrected chi connectivity index (χ4v) is 8.85. The zero-order chi connectivity index (χ0) is 20.8. The lowest BCUT2D eigenvalue weighted by Crippen LogP contribution is -2.50. The van der Waals surface area contributed by atoms with Gasteiger partial charge in [0.2, 0.25) is 0 Å². The monoisotopic (exact) mass is 400 g/mol. The molecule has 4 rings (SSSR count). The SMILES string of the molecule is CO[C@H]1CCC2(C)C(=CCC3C2CC[C@@]2(C)C3CCC2[C@H](C)CCCC(C)C)C1. The number of ether oxygens (including phenoxy) is 1. The summed E-state index contributed by atoms with van der Waals surface area (Å²) in [7, 11) is 1.91. The van der Waals surface area contributed by atoms with Gasteiger partial charge >= 0.3 is 0 Å². The molecular weight excluding hydrogens is 352 g/mol. The molecule has 166 valence electrons. The number of rotatable bonds is 6. The Morgan fingerprint density at radius 2 is 1.79 bits per heavy atom. The number of hydrogen-bond acceptors (Lipinski definition) is 1. The van der Waals surface area contributed by atoms with Crippen molar-refractivity contribution in [3.05, 3.63) is 11.6 Å². The molecule has 0 N–H and O–H groups in total.